The standard InChI is InChI=1S/C43H74O12S/c1-3-5-7-9-11-13-15-16-17-18-19-20-22-23-25-27-29-31-38(44)52-33-36(54-39(45)32-30-28-26-24-21-14-12-10-8-6-4-2)34-53-43-42(48)41(47)40(46)37(55-43)35-56(49,50)51/h7,9,13,15,17-18,20,22,36-37,40-43,46-48H,3-6,8,10-12,14,16,19,21,23-35H2,1-2H3,(H,49,50,51)/b9-7+,15-13+,18-17+,22-20+/t36-,37-,40-,41?,42?,43+/m1/s1. The van der Waals surface area contributed by atoms with Gasteiger partial charge in [0.05, 0.1) is 6.61 Å². The van der Waals surface area contributed by atoms with Crippen LogP contribution in [0.4, 0.5) is 0 Å². The fourth-order valence-corrected chi connectivity index (χ4v) is 6.77. The number of esters is 2. The smallest absolute Gasteiger partial charge is 0.306 e. The quantitative estimate of drug-likeness (QED) is 0.0213. The van der Waals surface area contributed by atoms with Crippen molar-refractivity contribution in [3.63, 3.8) is 0 Å². The zero-order chi connectivity index (χ0) is 41.3. The van der Waals surface area contributed by atoms with E-state index in [2.05, 4.69) is 62.5 Å². The SMILES string of the molecule is CCC/C=C/C/C=C/C/C=C/C/C=C/CCCCCC(=O)OC[C@H](CO[C@H]1O[C@H](CS(=O)(=O)O)[C@@H](O)C(O)C1O)OC(=O)CCCCCCCCCCCCC. The van der Waals surface area contributed by atoms with Gasteiger partial charge in [-0.25, -0.2) is 0 Å². The third-order valence-corrected chi connectivity index (χ3v) is 10.1. The predicted molar refractivity (Wildman–Crippen MR) is 219 cm³/mol. The molecule has 1 fully saturated rings. The molecular weight excluding hydrogens is 741 g/mol. The van der Waals surface area contributed by atoms with Crippen LogP contribution in [-0.4, -0.2) is 96.0 Å². The Morgan fingerprint density at radius 2 is 1.11 bits per heavy atom. The maximum atomic E-state index is 12.7. The topological polar surface area (TPSA) is 186 Å². The van der Waals surface area contributed by atoms with Gasteiger partial charge in [0.2, 0.25) is 0 Å². The van der Waals surface area contributed by atoms with E-state index in [1.165, 1.54) is 51.4 Å². The Morgan fingerprint density at radius 1 is 0.607 bits per heavy atom. The normalized spacial score (nSPS) is 21.1. The van der Waals surface area contributed by atoms with Gasteiger partial charge in [0.1, 0.15) is 36.8 Å². The van der Waals surface area contributed by atoms with Crippen molar-refractivity contribution >= 4 is 22.1 Å². The van der Waals surface area contributed by atoms with Gasteiger partial charge in [0.25, 0.3) is 10.1 Å². The molecule has 0 amide bonds. The highest BCUT2D eigenvalue weighted by Crippen LogP contribution is 2.24. The molecule has 1 aliphatic rings. The lowest BCUT2D eigenvalue weighted by Gasteiger charge is -2.40. The molecule has 0 aliphatic carbocycles. The van der Waals surface area contributed by atoms with Crippen LogP contribution in [0.2, 0.25) is 0 Å². The first-order chi connectivity index (χ1) is 27.0. The summed E-state index contributed by atoms with van der Waals surface area (Å²) in [5.41, 5.74) is 0. The molecule has 1 heterocycles. The number of hydrogen-bond acceptors (Lipinski definition) is 11. The Bertz CT molecular complexity index is 1230. The second-order valence-electron chi connectivity index (χ2n) is 14.7. The van der Waals surface area contributed by atoms with E-state index in [1.807, 2.05) is 0 Å². The number of aliphatic hydroxyl groups is 3. The van der Waals surface area contributed by atoms with Crippen molar-refractivity contribution in [2.75, 3.05) is 19.0 Å². The number of allylic oxidation sites excluding steroid dienone is 8. The molecule has 0 radical (unpaired) electrons. The van der Waals surface area contributed by atoms with Crippen LogP contribution in [-0.2, 0) is 38.7 Å². The first-order valence-electron chi connectivity index (χ1n) is 21.2. The monoisotopic (exact) mass is 814 g/mol. The molecule has 1 saturated heterocycles. The molecule has 12 nitrogen and oxygen atoms in total. The lowest BCUT2D eigenvalue weighted by molar-refractivity contribution is -0.297. The summed E-state index contributed by atoms with van der Waals surface area (Å²) in [4.78, 5) is 25.3. The van der Waals surface area contributed by atoms with E-state index in [4.69, 9.17) is 18.9 Å². The van der Waals surface area contributed by atoms with Gasteiger partial charge in [-0.1, -0.05) is 140 Å². The van der Waals surface area contributed by atoms with Crippen molar-refractivity contribution in [3.8, 4) is 0 Å². The number of carbonyl (C=O) groups excluding carboxylic acids is 2. The molecule has 1 aliphatic heterocycles. The average molecular weight is 815 g/mol. The average Bonchev–Trinajstić information content (AvgIpc) is 3.16. The van der Waals surface area contributed by atoms with Crippen molar-refractivity contribution < 1.29 is 56.8 Å². The summed E-state index contributed by atoms with van der Waals surface area (Å²) in [6.45, 7) is 3.63. The molecule has 6 atom stereocenters. The molecule has 4 N–H and O–H groups in total. The van der Waals surface area contributed by atoms with Gasteiger partial charge >= 0.3 is 11.9 Å². The Kier molecular flexibility index (Phi) is 30.9. The fraction of sp³-hybridized carbons (Fsp3) is 0.767. The lowest BCUT2D eigenvalue weighted by Crippen LogP contribution is -2.60. The molecule has 0 aromatic rings. The molecule has 13 heteroatoms. The molecule has 56 heavy (non-hydrogen) atoms. The van der Waals surface area contributed by atoms with Gasteiger partial charge in [-0.05, 0) is 51.4 Å². The van der Waals surface area contributed by atoms with Crippen LogP contribution in [0.3, 0.4) is 0 Å². The minimum atomic E-state index is -4.60. The number of ether oxygens (including phenoxy) is 4. The fourth-order valence-electron chi connectivity index (χ4n) is 6.08. The van der Waals surface area contributed by atoms with Gasteiger partial charge < -0.3 is 34.3 Å². The third kappa shape index (κ3) is 28.1. The van der Waals surface area contributed by atoms with Crippen LogP contribution in [0.5, 0.6) is 0 Å². The predicted octanol–water partition coefficient (Wildman–Crippen LogP) is 8.00. The number of hydrogen-bond donors (Lipinski definition) is 4. The highest BCUT2D eigenvalue weighted by Gasteiger charge is 2.46. The molecule has 2 unspecified atom stereocenters. The maximum absolute atomic E-state index is 12.7. The van der Waals surface area contributed by atoms with Crippen molar-refractivity contribution in [3.05, 3.63) is 48.6 Å². The van der Waals surface area contributed by atoms with Gasteiger partial charge in [-0.2, -0.15) is 8.42 Å². The van der Waals surface area contributed by atoms with E-state index < -0.39 is 71.2 Å². The summed E-state index contributed by atoms with van der Waals surface area (Å²) in [5, 5.41) is 30.8. The first kappa shape index (κ1) is 51.6. The van der Waals surface area contributed by atoms with Crippen molar-refractivity contribution in [1.29, 1.82) is 0 Å². The Balaban J connectivity index is 2.49. The summed E-state index contributed by atoms with van der Waals surface area (Å²) in [7, 11) is -4.60. The summed E-state index contributed by atoms with van der Waals surface area (Å²) in [6, 6.07) is 0. The van der Waals surface area contributed by atoms with E-state index in [0.717, 1.165) is 64.2 Å². The molecule has 0 aromatic heterocycles. The van der Waals surface area contributed by atoms with Crippen LogP contribution >= 0.6 is 0 Å². The summed E-state index contributed by atoms with van der Waals surface area (Å²) < 4.78 is 53.9. The summed E-state index contributed by atoms with van der Waals surface area (Å²) in [6.07, 6.45) is 28.8. The van der Waals surface area contributed by atoms with Crippen molar-refractivity contribution in [2.45, 2.75) is 192 Å². The molecular formula is C43H74O12S. The maximum Gasteiger partial charge on any atom is 0.306 e. The summed E-state index contributed by atoms with van der Waals surface area (Å²) >= 11 is 0. The van der Waals surface area contributed by atoms with E-state index in [1.54, 1.807) is 0 Å². The van der Waals surface area contributed by atoms with E-state index in [-0.39, 0.29) is 19.4 Å². The first-order valence-corrected chi connectivity index (χ1v) is 22.8. The van der Waals surface area contributed by atoms with Gasteiger partial charge in [-0.3, -0.25) is 14.1 Å². The minimum absolute atomic E-state index is 0.157. The lowest BCUT2D eigenvalue weighted by atomic mass is 10.00. The van der Waals surface area contributed by atoms with Crippen LogP contribution in [0.25, 0.3) is 0 Å². The number of carbonyl (C=O) groups is 2. The Labute approximate surface area is 337 Å². The van der Waals surface area contributed by atoms with Crippen LogP contribution in [0.15, 0.2) is 48.6 Å². The van der Waals surface area contributed by atoms with Gasteiger partial charge in [0, 0.05) is 12.8 Å². The largest absolute Gasteiger partial charge is 0.462 e. The van der Waals surface area contributed by atoms with Gasteiger partial charge in [0.15, 0.2) is 12.4 Å². The molecule has 0 bridgehead atoms. The molecule has 324 valence electrons. The number of rotatable bonds is 34. The van der Waals surface area contributed by atoms with Crippen LogP contribution < -0.4 is 0 Å². The number of unbranched alkanes of at least 4 members (excludes halogenated alkanes) is 14. The molecule has 0 spiro atoms. The Hall–Kier alpha value is -2.39. The van der Waals surface area contributed by atoms with Gasteiger partial charge in [-0.15, -0.1) is 0 Å². The van der Waals surface area contributed by atoms with Crippen molar-refractivity contribution in [1.82, 2.24) is 0 Å². The zero-order valence-electron chi connectivity index (χ0n) is 34.2. The highest BCUT2D eigenvalue weighted by molar-refractivity contribution is 7.85. The van der Waals surface area contributed by atoms with Crippen LogP contribution in [0.1, 0.15) is 155 Å². The Morgan fingerprint density at radius 3 is 1.66 bits per heavy atom. The highest BCUT2D eigenvalue weighted by atomic mass is 32.2. The van der Waals surface area contributed by atoms with E-state index >= 15 is 0 Å². The second-order valence-corrected chi connectivity index (χ2v) is 16.2. The van der Waals surface area contributed by atoms with E-state index in [9.17, 15) is 37.9 Å². The summed E-state index contributed by atoms with van der Waals surface area (Å²) in [5.74, 6) is -2.03. The molecule has 0 aromatic carbocycles. The second kappa shape index (κ2) is 33.6. The van der Waals surface area contributed by atoms with Crippen LogP contribution in [0, 0.1) is 0 Å². The molecule has 1 rings (SSSR count). The van der Waals surface area contributed by atoms with Crippen molar-refractivity contribution in [2.24, 2.45) is 0 Å². The molecule has 0 saturated carbocycles. The van der Waals surface area contributed by atoms with E-state index in [0.29, 0.717) is 12.8 Å². The zero-order valence-corrected chi connectivity index (χ0v) is 35.0. The number of aliphatic hydroxyl groups excluding tert-OH is 3. The third-order valence-electron chi connectivity index (χ3n) is 9.39. The minimum Gasteiger partial charge on any atom is -0.462 e.